The summed E-state index contributed by atoms with van der Waals surface area (Å²) in [5, 5.41) is 3.82. The van der Waals surface area contributed by atoms with Gasteiger partial charge in [-0.05, 0) is 24.5 Å². The molecule has 3 heteroatoms. The largest absolute Gasteiger partial charge is 0.348 e. The number of halogens is 1. The number of nitrogens with one attached hydrogen (secondary N) is 1. The van der Waals surface area contributed by atoms with Crippen LogP contribution in [0.5, 0.6) is 0 Å². The third-order valence-electron chi connectivity index (χ3n) is 2.31. The first-order valence-electron chi connectivity index (χ1n) is 5.55. The van der Waals surface area contributed by atoms with Gasteiger partial charge < -0.3 is 5.32 Å². The van der Waals surface area contributed by atoms with Crippen LogP contribution in [0.1, 0.15) is 30.6 Å². The summed E-state index contributed by atoms with van der Waals surface area (Å²) in [7, 11) is 0. The molecule has 0 aliphatic carbocycles. The second-order valence-corrected chi connectivity index (χ2v) is 4.97. The van der Waals surface area contributed by atoms with Gasteiger partial charge in [-0.25, -0.2) is 0 Å². The monoisotopic (exact) mass is 283 g/mol. The van der Waals surface area contributed by atoms with Gasteiger partial charge in [0.15, 0.2) is 0 Å². The first-order chi connectivity index (χ1) is 7.63. The van der Waals surface area contributed by atoms with E-state index in [4.69, 9.17) is 0 Å². The number of hydrogen-bond acceptors (Lipinski definition) is 1. The molecule has 0 fully saturated rings. The van der Waals surface area contributed by atoms with Crippen LogP contribution in [0, 0.1) is 5.92 Å². The van der Waals surface area contributed by atoms with E-state index >= 15 is 0 Å². The molecule has 0 aromatic heterocycles. The third-order valence-corrected chi connectivity index (χ3v) is 3.09. The topological polar surface area (TPSA) is 29.1 Å². The van der Waals surface area contributed by atoms with Gasteiger partial charge in [0.2, 0.25) is 0 Å². The maximum absolute atomic E-state index is 11.9. The van der Waals surface area contributed by atoms with Crippen molar-refractivity contribution in [1.82, 2.24) is 5.32 Å². The molecule has 2 nitrogen and oxygen atoms in total. The molecule has 1 atom stereocenters. The molecule has 16 heavy (non-hydrogen) atoms. The fourth-order valence-corrected chi connectivity index (χ4v) is 2.01. The van der Waals surface area contributed by atoms with E-state index in [1.165, 1.54) is 0 Å². The van der Waals surface area contributed by atoms with Gasteiger partial charge in [0, 0.05) is 16.9 Å². The van der Waals surface area contributed by atoms with Crippen LogP contribution in [0.25, 0.3) is 0 Å². The van der Waals surface area contributed by atoms with E-state index in [0.29, 0.717) is 5.92 Å². The summed E-state index contributed by atoms with van der Waals surface area (Å²) >= 11 is 3.43. The molecule has 1 aromatic rings. The van der Waals surface area contributed by atoms with Crippen molar-refractivity contribution in [2.24, 2.45) is 5.92 Å². The molecule has 0 heterocycles. The van der Waals surface area contributed by atoms with Gasteiger partial charge in [-0.15, -0.1) is 0 Å². The standard InChI is InChI=1S/C13H18BrNO/c1-10(2)8-12(9-14)15-13(16)11-6-4-3-5-7-11/h3-7,10,12H,8-9H2,1-2H3,(H,15,16). The summed E-state index contributed by atoms with van der Waals surface area (Å²) in [4.78, 5) is 11.9. The van der Waals surface area contributed by atoms with E-state index in [2.05, 4.69) is 35.1 Å². The SMILES string of the molecule is CC(C)CC(CBr)NC(=O)c1ccccc1. The fourth-order valence-electron chi connectivity index (χ4n) is 1.59. The number of alkyl halides is 1. The summed E-state index contributed by atoms with van der Waals surface area (Å²) in [6.07, 6.45) is 0.990. The average molecular weight is 284 g/mol. The highest BCUT2D eigenvalue weighted by molar-refractivity contribution is 9.09. The molecule has 0 saturated heterocycles. The van der Waals surface area contributed by atoms with Crippen LogP contribution < -0.4 is 5.32 Å². The fraction of sp³-hybridized carbons (Fsp3) is 0.462. The zero-order chi connectivity index (χ0) is 12.0. The van der Waals surface area contributed by atoms with E-state index in [0.717, 1.165) is 17.3 Å². The van der Waals surface area contributed by atoms with Crippen molar-refractivity contribution in [3.63, 3.8) is 0 Å². The van der Waals surface area contributed by atoms with Gasteiger partial charge in [0.25, 0.3) is 5.91 Å². The van der Waals surface area contributed by atoms with Crippen LogP contribution in [0.3, 0.4) is 0 Å². The first kappa shape index (κ1) is 13.2. The van der Waals surface area contributed by atoms with Gasteiger partial charge in [0.05, 0.1) is 0 Å². The highest BCUT2D eigenvalue weighted by atomic mass is 79.9. The molecule has 1 unspecified atom stereocenters. The van der Waals surface area contributed by atoms with Crippen molar-refractivity contribution in [3.8, 4) is 0 Å². The Morgan fingerprint density at radius 2 is 1.94 bits per heavy atom. The predicted molar refractivity (Wildman–Crippen MR) is 70.9 cm³/mol. The predicted octanol–water partition coefficient (Wildman–Crippen LogP) is 3.23. The lowest BCUT2D eigenvalue weighted by Gasteiger charge is -2.18. The van der Waals surface area contributed by atoms with Gasteiger partial charge >= 0.3 is 0 Å². The van der Waals surface area contributed by atoms with E-state index in [-0.39, 0.29) is 11.9 Å². The quantitative estimate of drug-likeness (QED) is 0.826. The molecule has 1 aromatic carbocycles. The zero-order valence-corrected chi connectivity index (χ0v) is 11.3. The molecular formula is C13H18BrNO. The van der Waals surface area contributed by atoms with Crippen molar-refractivity contribution >= 4 is 21.8 Å². The lowest BCUT2D eigenvalue weighted by atomic mass is 10.0. The van der Waals surface area contributed by atoms with Crippen LogP contribution in [-0.4, -0.2) is 17.3 Å². The molecule has 0 spiro atoms. The molecule has 0 saturated carbocycles. The van der Waals surface area contributed by atoms with Crippen molar-refractivity contribution in [3.05, 3.63) is 35.9 Å². The smallest absolute Gasteiger partial charge is 0.251 e. The Balaban J connectivity index is 2.56. The van der Waals surface area contributed by atoms with Crippen LogP contribution in [0.4, 0.5) is 0 Å². The van der Waals surface area contributed by atoms with Crippen LogP contribution in [-0.2, 0) is 0 Å². The summed E-state index contributed by atoms with van der Waals surface area (Å²) in [5.41, 5.74) is 0.720. The zero-order valence-electron chi connectivity index (χ0n) is 9.74. The summed E-state index contributed by atoms with van der Waals surface area (Å²) in [6, 6.07) is 9.52. The summed E-state index contributed by atoms with van der Waals surface area (Å²) < 4.78 is 0. The minimum Gasteiger partial charge on any atom is -0.348 e. The molecule has 88 valence electrons. The number of amides is 1. The second kappa shape index (κ2) is 6.69. The van der Waals surface area contributed by atoms with E-state index in [9.17, 15) is 4.79 Å². The van der Waals surface area contributed by atoms with Gasteiger partial charge in [0.1, 0.15) is 0 Å². The number of hydrogen-bond donors (Lipinski definition) is 1. The third kappa shape index (κ3) is 4.35. The number of rotatable bonds is 5. The maximum Gasteiger partial charge on any atom is 0.251 e. The lowest BCUT2D eigenvalue weighted by molar-refractivity contribution is 0.0937. The van der Waals surface area contributed by atoms with E-state index in [1.54, 1.807) is 0 Å². The Hall–Kier alpha value is -0.830. The van der Waals surface area contributed by atoms with Crippen molar-refractivity contribution in [1.29, 1.82) is 0 Å². The molecule has 1 N–H and O–H groups in total. The molecule has 0 aliphatic heterocycles. The lowest BCUT2D eigenvalue weighted by Crippen LogP contribution is -2.36. The highest BCUT2D eigenvalue weighted by Crippen LogP contribution is 2.08. The molecule has 0 bridgehead atoms. The first-order valence-corrected chi connectivity index (χ1v) is 6.67. The minimum atomic E-state index is 0.00528. The van der Waals surface area contributed by atoms with Crippen molar-refractivity contribution in [2.75, 3.05) is 5.33 Å². The van der Waals surface area contributed by atoms with Crippen LogP contribution >= 0.6 is 15.9 Å². The molecule has 0 radical (unpaired) electrons. The molecule has 1 amide bonds. The van der Waals surface area contributed by atoms with E-state index < -0.39 is 0 Å². The average Bonchev–Trinajstić information content (AvgIpc) is 2.28. The molecule has 1 rings (SSSR count). The summed E-state index contributed by atoms with van der Waals surface area (Å²) in [6.45, 7) is 4.31. The normalized spacial score (nSPS) is 12.5. The minimum absolute atomic E-state index is 0.00528. The van der Waals surface area contributed by atoms with Gasteiger partial charge in [-0.2, -0.15) is 0 Å². The number of carbonyl (C=O) groups is 1. The van der Waals surface area contributed by atoms with Crippen molar-refractivity contribution in [2.45, 2.75) is 26.3 Å². The van der Waals surface area contributed by atoms with Gasteiger partial charge in [-0.1, -0.05) is 48.0 Å². The summed E-state index contributed by atoms with van der Waals surface area (Å²) in [5.74, 6) is 0.587. The van der Waals surface area contributed by atoms with Crippen LogP contribution in [0.15, 0.2) is 30.3 Å². The molecular weight excluding hydrogens is 266 g/mol. The molecule has 0 aliphatic rings. The van der Waals surface area contributed by atoms with Gasteiger partial charge in [-0.3, -0.25) is 4.79 Å². The Kier molecular flexibility index (Phi) is 5.53. The Morgan fingerprint density at radius 3 is 2.44 bits per heavy atom. The maximum atomic E-state index is 11.9. The Morgan fingerprint density at radius 1 is 1.31 bits per heavy atom. The Labute approximate surface area is 106 Å². The Bertz CT molecular complexity index is 324. The van der Waals surface area contributed by atoms with E-state index in [1.807, 2.05) is 30.3 Å². The van der Waals surface area contributed by atoms with Crippen molar-refractivity contribution < 1.29 is 4.79 Å². The number of benzene rings is 1. The second-order valence-electron chi connectivity index (χ2n) is 4.32. The van der Waals surface area contributed by atoms with Crippen LogP contribution in [0.2, 0.25) is 0 Å². The highest BCUT2D eigenvalue weighted by Gasteiger charge is 2.13. The number of carbonyl (C=O) groups excluding carboxylic acids is 1.